The largest absolute Gasteiger partial charge is 0.384 e. The molecule has 1 N–H and O–H groups in total. The minimum atomic E-state index is -2.90. The number of benzene rings is 1. The summed E-state index contributed by atoms with van der Waals surface area (Å²) in [6.45, 7) is 1.17. The minimum absolute atomic E-state index is 0.152. The molecule has 4 nitrogen and oxygen atoms in total. The lowest BCUT2D eigenvalue weighted by Crippen LogP contribution is -2.39. The molecule has 20 heavy (non-hydrogen) atoms. The van der Waals surface area contributed by atoms with Crippen molar-refractivity contribution >= 4 is 9.84 Å². The summed E-state index contributed by atoms with van der Waals surface area (Å²) in [5.41, 5.74) is 1.27. The van der Waals surface area contributed by atoms with Crippen molar-refractivity contribution in [1.29, 1.82) is 0 Å². The van der Waals surface area contributed by atoms with Gasteiger partial charge in [-0.25, -0.2) is 12.8 Å². The molecule has 1 aromatic carbocycles. The minimum Gasteiger partial charge on any atom is -0.384 e. The molecule has 108 valence electrons. The molecule has 0 aromatic heterocycles. The smallest absolute Gasteiger partial charge is 0.152 e. The highest BCUT2D eigenvalue weighted by Crippen LogP contribution is 2.13. The molecule has 6 heteroatoms. The Morgan fingerprint density at radius 1 is 1.25 bits per heavy atom. The van der Waals surface area contributed by atoms with E-state index in [9.17, 15) is 12.8 Å². The number of nitrogens with zero attached hydrogens (tertiary/aromatic N) is 1. The van der Waals surface area contributed by atoms with Crippen LogP contribution in [0.25, 0.3) is 0 Å². The van der Waals surface area contributed by atoms with E-state index in [1.807, 2.05) is 4.90 Å². The standard InChI is InChI=1S/C14H16FNO3S/c15-14-9-12(2-1-5-17)8-13(10-14)11-16-3-6-20(18,19)7-4-16/h8-10,17H,3-7,11H2. The lowest BCUT2D eigenvalue weighted by molar-refractivity contribution is 0.287. The molecule has 2 rings (SSSR count). The Morgan fingerprint density at radius 2 is 1.95 bits per heavy atom. The summed E-state index contributed by atoms with van der Waals surface area (Å²) >= 11 is 0. The molecule has 1 fully saturated rings. The van der Waals surface area contributed by atoms with E-state index in [0.717, 1.165) is 5.56 Å². The van der Waals surface area contributed by atoms with Gasteiger partial charge in [0.25, 0.3) is 0 Å². The zero-order valence-corrected chi connectivity index (χ0v) is 11.8. The maximum absolute atomic E-state index is 13.5. The van der Waals surface area contributed by atoms with Crippen molar-refractivity contribution in [3.05, 3.63) is 35.1 Å². The fourth-order valence-electron chi connectivity index (χ4n) is 2.12. The van der Waals surface area contributed by atoms with Gasteiger partial charge in [-0.1, -0.05) is 11.8 Å². The fourth-order valence-corrected chi connectivity index (χ4v) is 3.40. The first-order valence-electron chi connectivity index (χ1n) is 6.30. The summed E-state index contributed by atoms with van der Waals surface area (Å²) in [6, 6.07) is 4.49. The Labute approximate surface area is 118 Å². The average Bonchev–Trinajstić information content (AvgIpc) is 2.38. The molecule has 1 aromatic rings. The molecule has 1 saturated heterocycles. The molecule has 0 bridgehead atoms. The van der Waals surface area contributed by atoms with E-state index in [-0.39, 0.29) is 23.9 Å². The van der Waals surface area contributed by atoms with Crippen LogP contribution in [0, 0.1) is 17.7 Å². The van der Waals surface area contributed by atoms with Gasteiger partial charge in [0.2, 0.25) is 0 Å². The molecule has 0 unspecified atom stereocenters. The SMILES string of the molecule is O=S1(=O)CCN(Cc2cc(F)cc(C#CCO)c2)CC1. The van der Waals surface area contributed by atoms with Crippen molar-refractivity contribution < 1.29 is 17.9 Å². The first-order chi connectivity index (χ1) is 9.48. The van der Waals surface area contributed by atoms with Gasteiger partial charge in [-0.3, -0.25) is 4.90 Å². The van der Waals surface area contributed by atoms with Gasteiger partial charge in [0.1, 0.15) is 12.4 Å². The maximum atomic E-state index is 13.5. The van der Waals surface area contributed by atoms with Gasteiger partial charge in [-0.2, -0.15) is 0 Å². The van der Waals surface area contributed by atoms with Gasteiger partial charge in [0.05, 0.1) is 11.5 Å². The van der Waals surface area contributed by atoms with Crippen LogP contribution in [-0.2, 0) is 16.4 Å². The number of aliphatic hydroxyl groups is 1. The molecule has 0 amide bonds. The van der Waals surface area contributed by atoms with E-state index in [1.54, 1.807) is 6.07 Å². The van der Waals surface area contributed by atoms with Crippen LogP contribution in [0.1, 0.15) is 11.1 Å². The Kier molecular flexibility index (Phi) is 4.76. The van der Waals surface area contributed by atoms with Crippen molar-refractivity contribution in [1.82, 2.24) is 4.90 Å². The van der Waals surface area contributed by atoms with Gasteiger partial charge in [0.15, 0.2) is 9.84 Å². The molecule has 0 radical (unpaired) electrons. The monoisotopic (exact) mass is 297 g/mol. The number of hydrogen-bond acceptors (Lipinski definition) is 4. The lowest BCUT2D eigenvalue weighted by atomic mass is 10.1. The molecule has 1 heterocycles. The van der Waals surface area contributed by atoms with E-state index < -0.39 is 9.84 Å². The fraction of sp³-hybridized carbons (Fsp3) is 0.429. The van der Waals surface area contributed by atoms with Crippen molar-refractivity contribution in [2.24, 2.45) is 0 Å². The van der Waals surface area contributed by atoms with Crippen molar-refractivity contribution in [3.8, 4) is 11.8 Å². The van der Waals surface area contributed by atoms with E-state index in [0.29, 0.717) is 25.2 Å². The van der Waals surface area contributed by atoms with Crippen molar-refractivity contribution in [2.75, 3.05) is 31.2 Å². The normalized spacial score (nSPS) is 18.3. The van der Waals surface area contributed by atoms with Crippen molar-refractivity contribution in [3.63, 3.8) is 0 Å². The maximum Gasteiger partial charge on any atom is 0.152 e. The molecule has 0 aliphatic carbocycles. The van der Waals surface area contributed by atoms with Crippen LogP contribution in [0.15, 0.2) is 18.2 Å². The summed E-state index contributed by atoms with van der Waals surface area (Å²) < 4.78 is 36.2. The zero-order chi connectivity index (χ0) is 14.6. The average molecular weight is 297 g/mol. The number of aliphatic hydroxyl groups excluding tert-OH is 1. The summed E-state index contributed by atoms with van der Waals surface area (Å²) in [6.07, 6.45) is 0. The molecule has 0 spiro atoms. The second-order valence-corrected chi connectivity index (χ2v) is 7.04. The third kappa shape index (κ3) is 4.30. The van der Waals surface area contributed by atoms with Gasteiger partial charge in [0, 0.05) is 25.2 Å². The van der Waals surface area contributed by atoms with E-state index in [1.165, 1.54) is 12.1 Å². The second-order valence-electron chi connectivity index (χ2n) is 4.74. The number of sulfone groups is 1. The first kappa shape index (κ1) is 15.0. The highest BCUT2D eigenvalue weighted by Gasteiger charge is 2.21. The first-order valence-corrected chi connectivity index (χ1v) is 8.13. The van der Waals surface area contributed by atoms with Crippen LogP contribution in [0.4, 0.5) is 4.39 Å². The van der Waals surface area contributed by atoms with Gasteiger partial charge in [-0.15, -0.1) is 0 Å². The molecule has 1 aliphatic rings. The Balaban J connectivity index is 2.08. The summed E-state index contributed by atoms with van der Waals surface area (Å²) in [4.78, 5) is 1.99. The Morgan fingerprint density at radius 3 is 2.60 bits per heavy atom. The zero-order valence-electron chi connectivity index (χ0n) is 11.0. The van der Waals surface area contributed by atoms with E-state index in [4.69, 9.17) is 5.11 Å². The van der Waals surface area contributed by atoms with Crippen LogP contribution in [-0.4, -0.2) is 49.6 Å². The Hall–Kier alpha value is -1.42. The van der Waals surface area contributed by atoms with Crippen LogP contribution >= 0.6 is 0 Å². The summed E-state index contributed by atoms with van der Waals surface area (Å²) in [5.74, 6) is 5.08. The third-order valence-corrected chi connectivity index (χ3v) is 4.72. The third-order valence-electron chi connectivity index (χ3n) is 3.11. The lowest BCUT2D eigenvalue weighted by Gasteiger charge is -2.26. The van der Waals surface area contributed by atoms with Gasteiger partial charge >= 0.3 is 0 Å². The molecular formula is C14H16FNO3S. The van der Waals surface area contributed by atoms with E-state index in [2.05, 4.69) is 11.8 Å². The van der Waals surface area contributed by atoms with Gasteiger partial charge < -0.3 is 5.11 Å². The van der Waals surface area contributed by atoms with Gasteiger partial charge in [-0.05, 0) is 23.8 Å². The summed E-state index contributed by atoms with van der Waals surface area (Å²) in [5, 5.41) is 8.64. The van der Waals surface area contributed by atoms with Crippen LogP contribution < -0.4 is 0 Å². The summed E-state index contributed by atoms with van der Waals surface area (Å²) in [7, 11) is -2.90. The highest BCUT2D eigenvalue weighted by molar-refractivity contribution is 7.91. The number of hydrogen-bond donors (Lipinski definition) is 1. The molecule has 0 saturated carbocycles. The number of rotatable bonds is 2. The number of halogens is 1. The predicted molar refractivity (Wildman–Crippen MR) is 74.3 cm³/mol. The second kappa shape index (κ2) is 6.35. The quantitative estimate of drug-likeness (QED) is 0.803. The van der Waals surface area contributed by atoms with Crippen LogP contribution in [0.5, 0.6) is 0 Å². The molecular weight excluding hydrogens is 281 g/mol. The van der Waals surface area contributed by atoms with Crippen molar-refractivity contribution in [2.45, 2.75) is 6.54 Å². The van der Waals surface area contributed by atoms with Crippen LogP contribution in [0.3, 0.4) is 0 Å². The topological polar surface area (TPSA) is 57.6 Å². The molecule has 1 aliphatic heterocycles. The predicted octanol–water partition coefficient (Wildman–Crippen LogP) is 0.400. The molecule has 0 atom stereocenters. The highest BCUT2D eigenvalue weighted by atomic mass is 32.2. The Bertz CT molecular complexity index is 632. The van der Waals surface area contributed by atoms with Crippen LogP contribution in [0.2, 0.25) is 0 Å². The van der Waals surface area contributed by atoms with E-state index >= 15 is 0 Å².